The minimum atomic E-state index is -0.678. The van der Waals surface area contributed by atoms with Gasteiger partial charge < -0.3 is 0 Å². The number of rotatable bonds is 7. The molecule has 0 spiro atoms. The van der Waals surface area contributed by atoms with Crippen molar-refractivity contribution >= 4 is 24.5 Å². The van der Waals surface area contributed by atoms with Gasteiger partial charge in [0, 0.05) is 0 Å². The van der Waals surface area contributed by atoms with Crippen molar-refractivity contribution < 1.29 is 14.6 Å². The van der Waals surface area contributed by atoms with E-state index >= 15 is 0 Å². The summed E-state index contributed by atoms with van der Waals surface area (Å²) in [5, 5.41) is 10.7. The van der Waals surface area contributed by atoms with E-state index in [9.17, 15) is 5.11 Å². The molecule has 0 heterocycles. The van der Waals surface area contributed by atoms with Crippen LogP contribution in [0.4, 0.5) is 0 Å². The summed E-state index contributed by atoms with van der Waals surface area (Å²) in [5.74, 6) is 0.783. The van der Waals surface area contributed by atoms with Crippen molar-refractivity contribution in [2.24, 2.45) is 0 Å². The Bertz CT molecular complexity index is 593. The predicted molar refractivity (Wildman–Crippen MR) is 89.5 cm³/mol. The molecular weight excluding hydrogens is 392 g/mol. The van der Waals surface area contributed by atoms with Crippen LogP contribution in [0.2, 0.25) is 0 Å². The van der Waals surface area contributed by atoms with Gasteiger partial charge in [-0.1, -0.05) is 0 Å². The van der Waals surface area contributed by atoms with Crippen molar-refractivity contribution in [2.75, 3.05) is 13.7 Å². The topological polar surface area (TPSA) is 38.7 Å². The summed E-state index contributed by atoms with van der Waals surface area (Å²) in [5.41, 5.74) is 0.854. The zero-order chi connectivity index (χ0) is 15.8. The Labute approximate surface area is 141 Å². The first kappa shape index (κ1) is 16.9. The van der Waals surface area contributed by atoms with Crippen LogP contribution in [0.15, 0.2) is 64.5 Å². The van der Waals surface area contributed by atoms with Crippen molar-refractivity contribution in [3.05, 3.63) is 70.0 Å². The van der Waals surface area contributed by atoms with E-state index in [2.05, 4.69) is 12.1 Å². The van der Waals surface area contributed by atoms with Crippen LogP contribution < -0.4 is 8.35 Å². The van der Waals surface area contributed by atoms with Gasteiger partial charge in [0.05, 0.1) is 0 Å². The van der Waals surface area contributed by atoms with Crippen molar-refractivity contribution in [2.45, 2.75) is 13.0 Å². The number of aliphatic hydroxyl groups is 1. The number of hydrogen-bond acceptors (Lipinski definition) is 3. The fraction of sp³-hybridized carbons (Fsp3) is 0.222. The molecule has 0 aromatic heterocycles. The summed E-state index contributed by atoms with van der Waals surface area (Å²) in [6.07, 6.45) is 1.09. The zero-order valence-electron chi connectivity index (χ0n) is 12.7. The molecule has 2 rings (SSSR count). The predicted octanol–water partition coefficient (Wildman–Crippen LogP) is 2.64. The normalized spacial score (nSPS) is 12.8. The Kier molecular flexibility index (Phi) is 6.79. The van der Waals surface area contributed by atoms with Crippen LogP contribution in [0, 0.1) is 0 Å². The van der Waals surface area contributed by atoms with E-state index in [1.165, 1.54) is 3.61 Å². The van der Waals surface area contributed by atoms with Gasteiger partial charge in [-0.3, -0.25) is 0 Å². The van der Waals surface area contributed by atoms with Gasteiger partial charge >= 0.3 is 142 Å². The molecule has 1 N–H and O–H groups in total. The third-order valence-corrected chi connectivity index (χ3v) is 6.08. The van der Waals surface area contributed by atoms with E-state index in [1.54, 1.807) is 13.4 Å². The quantitative estimate of drug-likeness (QED) is 0.562. The van der Waals surface area contributed by atoms with Gasteiger partial charge in [-0.2, -0.15) is 0 Å². The van der Waals surface area contributed by atoms with Crippen LogP contribution in [0.3, 0.4) is 0 Å². The van der Waals surface area contributed by atoms with Crippen LogP contribution in [0.25, 0.3) is 0 Å². The maximum absolute atomic E-state index is 10.7. The van der Waals surface area contributed by atoms with Gasteiger partial charge in [-0.05, 0) is 0 Å². The summed E-state index contributed by atoms with van der Waals surface area (Å²) in [6, 6.07) is 17.8. The SMILES string of the molecule is CCO/C=C(/[Te]c1ccccc1)C(O)c1ccc(OC)cc1. The van der Waals surface area contributed by atoms with E-state index in [0.717, 1.165) is 14.9 Å². The first-order valence-corrected chi connectivity index (χ1v) is 9.44. The number of methoxy groups -OCH3 is 1. The summed E-state index contributed by atoms with van der Waals surface area (Å²) in [7, 11) is 1.63. The zero-order valence-corrected chi connectivity index (χ0v) is 15.1. The van der Waals surface area contributed by atoms with E-state index in [0.29, 0.717) is 6.61 Å². The molecule has 0 amide bonds. The third-order valence-electron chi connectivity index (χ3n) is 3.05. The Hall–Kier alpha value is -1.47. The molecule has 116 valence electrons. The maximum atomic E-state index is 10.7. The van der Waals surface area contributed by atoms with Crippen LogP contribution in [0.1, 0.15) is 18.6 Å². The first-order chi connectivity index (χ1) is 10.7. The standard InChI is InChI=1S/C18H20O3Te/c1-3-21-13-17(22-16-7-5-4-6-8-16)18(19)14-9-11-15(20-2)12-10-14/h4-13,18-19H,3H2,1-2H3/b17-13+. The molecule has 1 atom stereocenters. The molecule has 4 heteroatoms. The fourth-order valence-corrected chi connectivity index (χ4v) is 4.54. The van der Waals surface area contributed by atoms with Gasteiger partial charge in [-0.15, -0.1) is 0 Å². The second-order valence-electron chi connectivity index (χ2n) is 4.57. The van der Waals surface area contributed by atoms with E-state index in [4.69, 9.17) is 9.47 Å². The molecule has 3 nitrogen and oxygen atoms in total. The fourth-order valence-electron chi connectivity index (χ4n) is 1.88. The average molecular weight is 412 g/mol. The average Bonchev–Trinajstić information content (AvgIpc) is 2.59. The van der Waals surface area contributed by atoms with Crippen molar-refractivity contribution in [3.63, 3.8) is 0 Å². The Balaban J connectivity index is 2.20. The molecule has 1 unspecified atom stereocenters. The molecular formula is C18H20O3Te. The molecule has 0 aliphatic heterocycles. The van der Waals surface area contributed by atoms with Gasteiger partial charge in [0.15, 0.2) is 0 Å². The van der Waals surface area contributed by atoms with Crippen molar-refractivity contribution in [3.8, 4) is 5.75 Å². The molecule has 0 saturated carbocycles. The van der Waals surface area contributed by atoms with E-state index in [1.807, 2.05) is 49.4 Å². The summed E-state index contributed by atoms with van der Waals surface area (Å²) >= 11 is -0.678. The van der Waals surface area contributed by atoms with Gasteiger partial charge in [-0.25, -0.2) is 0 Å². The van der Waals surface area contributed by atoms with Crippen LogP contribution in [0.5, 0.6) is 5.75 Å². The molecule has 0 fully saturated rings. The van der Waals surface area contributed by atoms with E-state index < -0.39 is 27.0 Å². The molecule has 0 radical (unpaired) electrons. The number of benzene rings is 2. The molecule has 2 aromatic carbocycles. The van der Waals surface area contributed by atoms with Crippen molar-refractivity contribution in [1.82, 2.24) is 0 Å². The van der Waals surface area contributed by atoms with Gasteiger partial charge in [0.25, 0.3) is 0 Å². The molecule has 22 heavy (non-hydrogen) atoms. The van der Waals surface area contributed by atoms with E-state index in [-0.39, 0.29) is 0 Å². The van der Waals surface area contributed by atoms with Crippen molar-refractivity contribution in [1.29, 1.82) is 0 Å². The number of hydrogen-bond donors (Lipinski definition) is 1. The Morgan fingerprint density at radius 2 is 1.82 bits per heavy atom. The molecule has 0 saturated heterocycles. The Morgan fingerprint density at radius 3 is 2.41 bits per heavy atom. The first-order valence-electron chi connectivity index (χ1n) is 7.11. The number of aliphatic hydroxyl groups excluding tert-OH is 1. The molecule has 0 aliphatic rings. The summed E-state index contributed by atoms with van der Waals surface area (Å²) < 4.78 is 12.8. The van der Waals surface area contributed by atoms with Crippen LogP contribution in [-0.2, 0) is 4.74 Å². The third kappa shape index (κ3) is 4.78. The van der Waals surface area contributed by atoms with Crippen LogP contribution >= 0.6 is 0 Å². The molecule has 2 aromatic rings. The second kappa shape index (κ2) is 8.85. The molecule has 0 bridgehead atoms. The summed E-state index contributed by atoms with van der Waals surface area (Å²) in [6.45, 7) is 2.54. The Morgan fingerprint density at radius 1 is 1.14 bits per heavy atom. The van der Waals surface area contributed by atoms with Gasteiger partial charge in [0.1, 0.15) is 0 Å². The molecule has 0 aliphatic carbocycles. The second-order valence-corrected chi connectivity index (χ2v) is 7.84. The number of ether oxygens (including phenoxy) is 2. The summed E-state index contributed by atoms with van der Waals surface area (Å²) in [4.78, 5) is 0. The monoisotopic (exact) mass is 414 g/mol. The van der Waals surface area contributed by atoms with Crippen LogP contribution in [-0.4, -0.2) is 39.7 Å². The van der Waals surface area contributed by atoms with Gasteiger partial charge in [0.2, 0.25) is 0 Å². The minimum absolute atomic E-state index is 0.598.